The zero-order chi connectivity index (χ0) is 28.5. The van der Waals surface area contributed by atoms with Gasteiger partial charge < -0.3 is 20.3 Å². The summed E-state index contributed by atoms with van der Waals surface area (Å²) in [6.07, 6.45) is -6.29. The fourth-order valence-corrected chi connectivity index (χ4v) is 4.31. The number of aromatic nitrogens is 1. The third-order valence-electron chi connectivity index (χ3n) is 5.36. The molecule has 0 aromatic carbocycles. The van der Waals surface area contributed by atoms with E-state index in [2.05, 4.69) is 21.3 Å². The molecule has 0 unspecified atom stereocenters. The van der Waals surface area contributed by atoms with E-state index in [9.17, 15) is 31.1 Å². The van der Waals surface area contributed by atoms with Crippen molar-refractivity contribution < 1.29 is 55.7 Å². The summed E-state index contributed by atoms with van der Waals surface area (Å²) in [4.78, 5) is 38.0. The quantitative estimate of drug-likeness (QED) is 0.467. The number of carbonyl (C=O) groups excluding carboxylic acids is 1. The van der Waals surface area contributed by atoms with E-state index < -0.39 is 24.3 Å². The fraction of sp³-hybridized carbons (Fsp3) is 0.455. The van der Waals surface area contributed by atoms with E-state index in [4.69, 9.17) is 24.5 Å². The molecule has 0 radical (unpaired) electrons. The number of thiophene rings is 1. The fourth-order valence-electron chi connectivity index (χ4n) is 3.66. The van der Waals surface area contributed by atoms with Crippen LogP contribution in [-0.2, 0) is 32.2 Å². The number of carbonyl (C=O) groups is 3. The molecule has 9 nitrogen and oxygen atoms in total. The molecule has 3 atom stereocenters. The van der Waals surface area contributed by atoms with Gasteiger partial charge in [-0.25, -0.2) is 9.59 Å². The first-order valence-electron chi connectivity index (χ1n) is 10.8. The van der Waals surface area contributed by atoms with Crippen LogP contribution < -0.4 is 5.32 Å². The van der Waals surface area contributed by atoms with Gasteiger partial charge in [-0.2, -0.15) is 26.3 Å². The van der Waals surface area contributed by atoms with Crippen molar-refractivity contribution in [2.24, 2.45) is 11.8 Å². The Bertz CT molecular complexity index is 1030. The standard InChI is InChI=1S/C18H21N3O2S.2C2HF3O2/c22-18(20-8-14-4-2-6-24-14)16-12-23-17-11-21(10-15(16)17)9-13-3-1-5-19-7-13;2*3-2(4,5)1(6)7/h1-7,15-17H,8-12H2,(H,20,22);2*(H,6,7)/t15-,16+,17-;;/m1../s1. The molecule has 2 aromatic rings. The lowest BCUT2D eigenvalue weighted by atomic mass is 9.92. The molecule has 2 aliphatic rings. The molecular weight excluding hydrogens is 548 g/mol. The van der Waals surface area contributed by atoms with E-state index in [0.717, 1.165) is 19.6 Å². The maximum absolute atomic E-state index is 12.5. The summed E-state index contributed by atoms with van der Waals surface area (Å²) in [5.74, 6) is -5.13. The van der Waals surface area contributed by atoms with Gasteiger partial charge in [-0.1, -0.05) is 12.1 Å². The van der Waals surface area contributed by atoms with Crippen molar-refractivity contribution in [1.82, 2.24) is 15.2 Å². The molecule has 3 N–H and O–H groups in total. The minimum Gasteiger partial charge on any atom is -0.475 e. The van der Waals surface area contributed by atoms with Crippen LogP contribution >= 0.6 is 11.3 Å². The molecule has 0 spiro atoms. The van der Waals surface area contributed by atoms with Gasteiger partial charge in [0.1, 0.15) is 0 Å². The van der Waals surface area contributed by atoms with Crippen molar-refractivity contribution in [3.05, 3.63) is 52.5 Å². The number of pyridine rings is 1. The average Bonchev–Trinajstić information content (AvgIpc) is 3.55. The number of amides is 1. The normalized spacial score (nSPS) is 20.8. The van der Waals surface area contributed by atoms with Crippen LogP contribution in [0.1, 0.15) is 10.4 Å². The minimum absolute atomic E-state index is 0.0335. The highest BCUT2D eigenvalue weighted by Gasteiger charge is 2.46. The largest absolute Gasteiger partial charge is 0.490 e. The first kappa shape index (κ1) is 31.0. The Hall–Kier alpha value is -3.24. The molecule has 38 heavy (non-hydrogen) atoms. The number of fused-ring (bicyclic) bond motifs is 1. The summed E-state index contributed by atoms with van der Waals surface area (Å²) in [5.41, 5.74) is 1.20. The van der Waals surface area contributed by atoms with E-state index >= 15 is 0 Å². The average molecular weight is 571 g/mol. The van der Waals surface area contributed by atoms with E-state index in [-0.39, 0.29) is 17.9 Å². The number of nitrogens with zero attached hydrogens (tertiary/aromatic N) is 2. The predicted octanol–water partition coefficient (Wildman–Crippen LogP) is 3.17. The number of carboxylic acids is 2. The van der Waals surface area contributed by atoms with Crippen LogP contribution in [0.3, 0.4) is 0 Å². The van der Waals surface area contributed by atoms with Crippen LogP contribution in [0, 0.1) is 11.8 Å². The zero-order valence-corrected chi connectivity index (χ0v) is 20.2. The van der Waals surface area contributed by atoms with Gasteiger partial charge in [0.05, 0.1) is 25.2 Å². The van der Waals surface area contributed by atoms with Gasteiger partial charge >= 0.3 is 24.3 Å². The summed E-state index contributed by atoms with van der Waals surface area (Å²) in [7, 11) is 0. The van der Waals surface area contributed by atoms with Crippen molar-refractivity contribution in [3.8, 4) is 0 Å². The first-order valence-corrected chi connectivity index (χ1v) is 11.7. The number of hydrogen-bond acceptors (Lipinski definition) is 7. The number of hydrogen-bond donors (Lipinski definition) is 3. The smallest absolute Gasteiger partial charge is 0.475 e. The number of aliphatic carboxylic acids is 2. The van der Waals surface area contributed by atoms with Gasteiger partial charge in [0.25, 0.3) is 0 Å². The lowest BCUT2D eigenvalue weighted by molar-refractivity contribution is -0.193. The molecule has 0 saturated carbocycles. The highest BCUT2D eigenvalue weighted by Crippen LogP contribution is 2.34. The van der Waals surface area contributed by atoms with Gasteiger partial charge in [-0.15, -0.1) is 11.3 Å². The SMILES string of the molecule is O=C(NCc1cccs1)[C@H]1CO[C@@H]2CN(Cc3cccnc3)C[C@H]12.O=C(O)C(F)(F)F.O=C(O)C(F)(F)F. The number of ether oxygens (including phenoxy) is 1. The number of nitrogens with one attached hydrogen (secondary N) is 1. The summed E-state index contributed by atoms with van der Waals surface area (Å²) < 4.78 is 69.4. The van der Waals surface area contributed by atoms with Crippen molar-refractivity contribution in [2.45, 2.75) is 31.5 Å². The van der Waals surface area contributed by atoms with E-state index in [0.29, 0.717) is 19.1 Å². The maximum Gasteiger partial charge on any atom is 0.490 e. The third kappa shape index (κ3) is 9.90. The highest BCUT2D eigenvalue weighted by molar-refractivity contribution is 7.09. The topological polar surface area (TPSA) is 129 Å². The Kier molecular flexibility index (Phi) is 11.0. The molecule has 4 heterocycles. The molecule has 210 valence electrons. The molecule has 2 aliphatic heterocycles. The van der Waals surface area contributed by atoms with Gasteiger partial charge in [-0.05, 0) is 23.1 Å². The summed E-state index contributed by atoms with van der Waals surface area (Å²) >= 11 is 1.67. The second-order valence-corrected chi connectivity index (χ2v) is 9.13. The molecule has 1 amide bonds. The van der Waals surface area contributed by atoms with Crippen LogP contribution in [0.5, 0.6) is 0 Å². The van der Waals surface area contributed by atoms with Gasteiger partial charge in [0.2, 0.25) is 5.91 Å². The Labute approximate surface area is 216 Å². The second kappa shape index (κ2) is 13.5. The zero-order valence-electron chi connectivity index (χ0n) is 19.4. The Morgan fingerprint density at radius 3 is 2.18 bits per heavy atom. The lowest BCUT2D eigenvalue weighted by Crippen LogP contribution is -2.36. The number of carboxylic acid groups (broad SMARTS) is 2. The molecule has 4 rings (SSSR count). The van der Waals surface area contributed by atoms with Crippen LogP contribution in [0.15, 0.2) is 42.0 Å². The first-order chi connectivity index (χ1) is 17.7. The molecular formula is C22H23F6N3O6S. The third-order valence-corrected chi connectivity index (χ3v) is 6.24. The van der Waals surface area contributed by atoms with Gasteiger partial charge in [-0.3, -0.25) is 14.7 Å². The van der Waals surface area contributed by atoms with Crippen LogP contribution in [0.25, 0.3) is 0 Å². The number of halogens is 6. The highest BCUT2D eigenvalue weighted by atomic mass is 32.1. The summed E-state index contributed by atoms with van der Waals surface area (Å²) in [5, 5.41) is 19.3. The summed E-state index contributed by atoms with van der Waals surface area (Å²) in [6, 6.07) is 8.11. The molecule has 16 heteroatoms. The van der Waals surface area contributed by atoms with Crippen molar-refractivity contribution in [3.63, 3.8) is 0 Å². The molecule has 2 saturated heterocycles. The molecule has 0 bridgehead atoms. The van der Waals surface area contributed by atoms with Crippen LogP contribution in [-0.4, -0.2) is 76.1 Å². The van der Waals surface area contributed by atoms with Crippen LogP contribution in [0.2, 0.25) is 0 Å². The minimum atomic E-state index is -5.08. The number of rotatable bonds is 5. The number of alkyl halides is 6. The van der Waals surface area contributed by atoms with E-state index in [1.165, 1.54) is 10.4 Å². The van der Waals surface area contributed by atoms with Crippen molar-refractivity contribution in [1.29, 1.82) is 0 Å². The Balaban J connectivity index is 0.000000301. The molecule has 0 aliphatic carbocycles. The number of likely N-dealkylation sites (tertiary alicyclic amines) is 1. The van der Waals surface area contributed by atoms with Gasteiger partial charge in [0.15, 0.2) is 0 Å². The predicted molar refractivity (Wildman–Crippen MR) is 120 cm³/mol. The van der Waals surface area contributed by atoms with E-state index in [1.807, 2.05) is 29.8 Å². The Morgan fingerprint density at radius 1 is 1.05 bits per heavy atom. The van der Waals surface area contributed by atoms with E-state index in [1.54, 1.807) is 17.5 Å². The molecule has 2 fully saturated rings. The Morgan fingerprint density at radius 2 is 1.68 bits per heavy atom. The second-order valence-electron chi connectivity index (χ2n) is 8.10. The van der Waals surface area contributed by atoms with Gasteiger partial charge in [0, 0.05) is 42.8 Å². The monoisotopic (exact) mass is 571 g/mol. The van der Waals surface area contributed by atoms with Crippen LogP contribution in [0.4, 0.5) is 26.3 Å². The maximum atomic E-state index is 12.5. The van der Waals surface area contributed by atoms with Crippen molar-refractivity contribution in [2.75, 3.05) is 19.7 Å². The lowest BCUT2D eigenvalue weighted by Gasteiger charge is -2.19. The summed E-state index contributed by atoms with van der Waals surface area (Å²) in [6.45, 7) is 3.84. The van der Waals surface area contributed by atoms with Crippen molar-refractivity contribution >= 4 is 29.2 Å². The molecule has 2 aromatic heterocycles.